The number of aliphatic carboxylic acids is 1. The molecular weight excluding hydrogens is 318 g/mol. The first-order valence-electron chi connectivity index (χ1n) is 6.83. The molecule has 0 bridgehead atoms. The summed E-state index contributed by atoms with van der Waals surface area (Å²) < 4.78 is 10.4. The van der Waals surface area contributed by atoms with Crippen LogP contribution in [0.5, 0.6) is 11.5 Å². The van der Waals surface area contributed by atoms with Gasteiger partial charge in [-0.05, 0) is 23.6 Å². The van der Waals surface area contributed by atoms with Crippen LogP contribution in [-0.2, 0) is 4.79 Å². The Labute approximate surface area is 137 Å². The van der Waals surface area contributed by atoms with Crippen molar-refractivity contribution in [3.05, 3.63) is 46.2 Å². The molecule has 0 radical (unpaired) electrons. The molecule has 0 saturated heterocycles. The highest BCUT2D eigenvalue weighted by atomic mass is 32.1. The fraction of sp³-hybridized carbons (Fsp3) is 0.250. The van der Waals surface area contributed by atoms with Gasteiger partial charge in [-0.15, -0.1) is 11.3 Å². The highest BCUT2D eigenvalue weighted by molar-refractivity contribution is 7.10. The van der Waals surface area contributed by atoms with Gasteiger partial charge in [0, 0.05) is 4.88 Å². The predicted molar refractivity (Wildman–Crippen MR) is 86.3 cm³/mol. The third kappa shape index (κ3) is 4.01. The van der Waals surface area contributed by atoms with Crippen LogP contribution in [0.3, 0.4) is 0 Å². The van der Waals surface area contributed by atoms with Crippen molar-refractivity contribution in [3.63, 3.8) is 0 Å². The van der Waals surface area contributed by atoms with E-state index in [0.717, 1.165) is 4.88 Å². The van der Waals surface area contributed by atoms with Gasteiger partial charge in [0.2, 0.25) is 0 Å². The fourth-order valence-corrected chi connectivity index (χ4v) is 2.97. The number of hydrogen-bond donors (Lipinski definition) is 2. The molecule has 2 rings (SSSR count). The van der Waals surface area contributed by atoms with Gasteiger partial charge in [0.25, 0.3) is 5.91 Å². The average molecular weight is 335 g/mol. The van der Waals surface area contributed by atoms with Crippen LogP contribution in [0.4, 0.5) is 0 Å². The van der Waals surface area contributed by atoms with Crippen LogP contribution in [0.15, 0.2) is 35.7 Å². The molecule has 6 nitrogen and oxygen atoms in total. The van der Waals surface area contributed by atoms with Crippen LogP contribution < -0.4 is 14.8 Å². The van der Waals surface area contributed by atoms with E-state index in [-0.39, 0.29) is 6.42 Å². The Morgan fingerprint density at radius 1 is 1.22 bits per heavy atom. The zero-order chi connectivity index (χ0) is 16.8. The number of thiophene rings is 1. The third-order valence-corrected chi connectivity index (χ3v) is 4.20. The number of benzene rings is 1. The summed E-state index contributed by atoms with van der Waals surface area (Å²) in [6.07, 6.45) is -0.196. The van der Waals surface area contributed by atoms with Crippen LogP contribution in [0.25, 0.3) is 0 Å². The third-order valence-electron chi connectivity index (χ3n) is 3.22. The Morgan fingerprint density at radius 3 is 2.57 bits per heavy atom. The summed E-state index contributed by atoms with van der Waals surface area (Å²) in [6.45, 7) is 0. The molecule has 0 aliphatic carbocycles. The summed E-state index contributed by atoms with van der Waals surface area (Å²) >= 11 is 1.39. The quantitative estimate of drug-likeness (QED) is 0.813. The minimum Gasteiger partial charge on any atom is -0.493 e. The lowest BCUT2D eigenvalue weighted by Crippen LogP contribution is -2.30. The van der Waals surface area contributed by atoms with Gasteiger partial charge in [0.1, 0.15) is 0 Å². The molecule has 0 fully saturated rings. The van der Waals surface area contributed by atoms with E-state index in [2.05, 4.69) is 5.32 Å². The summed E-state index contributed by atoms with van der Waals surface area (Å²) in [5, 5.41) is 13.6. The van der Waals surface area contributed by atoms with Gasteiger partial charge < -0.3 is 19.9 Å². The standard InChI is InChI=1S/C16H17NO5S/c1-21-12-6-3-5-10(15(12)22-2)16(20)17-11(9-14(18)19)13-7-4-8-23-13/h3-8,11H,9H2,1-2H3,(H,17,20)(H,18,19)/t11-/m1/s1. The minimum atomic E-state index is -0.985. The van der Waals surface area contributed by atoms with E-state index in [1.807, 2.05) is 11.4 Å². The molecule has 1 amide bonds. The SMILES string of the molecule is COc1cccc(C(=O)N[C@H](CC(=O)O)c2cccs2)c1OC. The van der Waals surface area contributed by atoms with Crippen molar-refractivity contribution >= 4 is 23.2 Å². The van der Waals surface area contributed by atoms with Crippen molar-refractivity contribution in [1.82, 2.24) is 5.32 Å². The molecule has 2 N–H and O–H groups in total. The Balaban J connectivity index is 2.27. The molecule has 122 valence electrons. The first-order chi connectivity index (χ1) is 11.1. The average Bonchev–Trinajstić information content (AvgIpc) is 3.07. The molecule has 1 atom stereocenters. The first kappa shape index (κ1) is 16.8. The van der Waals surface area contributed by atoms with Gasteiger partial charge in [0.05, 0.1) is 32.2 Å². The van der Waals surface area contributed by atoms with Gasteiger partial charge in [-0.25, -0.2) is 0 Å². The van der Waals surface area contributed by atoms with Crippen molar-refractivity contribution in [1.29, 1.82) is 0 Å². The predicted octanol–water partition coefficient (Wildman–Crippen LogP) is 2.71. The van der Waals surface area contributed by atoms with Crippen molar-refractivity contribution in [3.8, 4) is 11.5 Å². The summed E-state index contributed by atoms with van der Waals surface area (Å²) in [4.78, 5) is 24.4. The first-order valence-corrected chi connectivity index (χ1v) is 7.71. The van der Waals surface area contributed by atoms with Crippen LogP contribution in [0, 0.1) is 0 Å². The van der Waals surface area contributed by atoms with Gasteiger partial charge >= 0.3 is 5.97 Å². The maximum absolute atomic E-state index is 12.5. The Kier molecular flexibility index (Phi) is 5.59. The zero-order valence-electron chi connectivity index (χ0n) is 12.7. The van der Waals surface area contributed by atoms with E-state index in [0.29, 0.717) is 17.1 Å². The van der Waals surface area contributed by atoms with Gasteiger partial charge in [-0.1, -0.05) is 12.1 Å². The van der Waals surface area contributed by atoms with Gasteiger partial charge in [-0.3, -0.25) is 9.59 Å². The number of hydrogen-bond acceptors (Lipinski definition) is 5. The van der Waals surface area contributed by atoms with Crippen LogP contribution in [0.1, 0.15) is 27.7 Å². The summed E-state index contributed by atoms with van der Waals surface area (Å²) in [5.41, 5.74) is 0.291. The number of nitrogens with one attached hydrogen (secondary N) is 1. The molecule has 0 aliphatic heterocycles. The second-order valence-electron chi connectivity index (χ2n) is 4.68. The molecule has 0 spiro atoms. The lowest BCUT2D eigenvalue weighted by molar-refractivity contribution is -0.137. The molecular formula is C16H17NO5S. The zero-order valence-corrected chi connectivity index (χ0v) is 13.6. The number of rotatable bonds is 7. The van der Waals surface area contributed by atoms with Crippen molar-refractivity contribution in [2.75, 3.05) is 14.2 Å². The normalized spacial score (nSPS) is 11.6. The molecule has 23 heavy (non-hydrogen) atoms. The maximum Gasteiger partial charge on any atom is 0.305 e. The van der Waals surface area contributed by atoms with Crippen molar-refractivity contribution in [2.24, 2.45) is 0 Å². The van der Waals surface area contributed by atoms with E-state index in [9.17, 15) is 9.59 Å². The Hall–Kier alpha value is -2.54. The number of carbonyl (C=O) groups is 2. The van der Waals surface area contributed by atoms with E-state index in [1.54, 1.807) is 24.3 Å². The number of methoxy groups -OCH3 is 2. The van der Waals surface area contributed by atoms with Crippen molar-refractivity contribution in [2.45, 2.75) is 12.5 Å². The monoisotopic (exact) mass is 335 g/mol. The maximum atomic E-state index is 12.5. The Bertz CT molecular complexity index is 684. The number of ether oxygens (including phenoxy) is 2. The number of carboxylic acid groups (broad SMARTS) is 1. The summed E-state index contributed by atoms with van der Waals surface area (Å²) in [6, 6.07) is 7.96. The van der Waals surface area contributed by atoms with E-state index < -0.39 is 17.9 Å². The summed E-state index contributed by atoms with van der Waals surface area (Å²) in [5.74, 6) is -0.652. The highest BCUT2D eigenvalue weighted by Crippen LogP contribution is 2.31. The summed E-state index contributed by atoms with van der Waals surface area (Å²) in [7, 11) is 2.93. The second kappa shape index (κ2) is 7.64. The molecule has 2 aromatic rings. The largest absolute Gasteiger partial charge is 0.493 e. The molecule has 0 saturated carbocycles. The molecule has 0 unspecified atom stereocenters. The van der Waals surface area contributed by atoms with E-state index >= 15 is 0 Å². The second-order valence-corrected chi connectivity index (χ2v) is 5.66. The minimum absolute atomic E-state index is 0.196. The lowest BCUT2D eigenvalue weighted by Gasteiger charge is -2.17. The molecule has 7 heteroatoms. The van der Waals surface area contributed by atoms with Crippen LogP contribution in [0.2, 0.25) is 0 Å². The lowest BCUT2D eigenvalue weighted by atomic mass is 10.1. The van der Waals surface area contributed by atoms with Crippen molar-refractivity contribution < 1.29 is 24.2 Å². The molecule has 1 aromatic heterocycles. The van der Waals surface area contributed by atoms with Crippen LogP contribution >= 0.6 is 11.3 Å². The molecule has 1 aromatic carbocycles. The topological polar surface area (TPSA) is 84.9 Å². The molecule has 1 heterocycles. The van der Waals surface area contributed by atoms with Gasteiger partial charge in [0.15, 0.2) is 11.5 Å². The highest BCUT2D eigenvalue weighted by Gasteiger charge is 2.22. The smallest absolute Gasteiger partial charge is 0.305 e. The Morgan fingerprint density at radius 2 is 2.00 bits per heavy atom. The molecule has 0 aliphatic rings. The number of amides is 1. The van der Waals surface area contributed by atoms with Crippen LogP contribution in [-0.4, -0.2) is 31.2 Å². The van der Waals surface area contributed by atoms with Gasteiger partial charge in [-0.2, -0.15) is 0 Å². The fourth-order valence-electron chi connectivity index (χ4n) is 2.19. The van der Waals surface area contributed by atoms with E-state index in [1.165, 1.54) is 25.6 Å². The number of carbonyl (C=O) groups excluding carboxylic acids is 1. The number of para-hydroxylation sites is 1. The number of carboxylic acids is 1. The van der Waals surface area contributed by atoms with E-state index in [4.69, 9.17) is 14.6 Å².